The first-order valence-electron chi connectivity index (χ1n) is 9.38. The van der Waals surface area contributed by atoms with E-state index in [0.29, 0.717) is 18.8 Å². The first kappa shape index (κ1) is 23.8. The van der Waals surface area contributed by atoms with Crippen LogP contribution in [0.2, 0.25) is 0 Å². The number of piperidine rings is 1. The molecule has 1 aliphatic heterocycles. The molecule has 3 N–H and O–H groups in total. The number of hydrogen-bond acceptors (Lipinski definition) is 4. The molecule has 1 aromatic carbocycles. The summed E-state index contributed by atoms with van der Waals surface area (Å²) < 4.78 is 0. The normalized spacial score (nSPS) is 16.9. The molecule has 7 heteroatoms. The van der Waals surface area contributed by atoms with Crippen LogP contribution in [0.15, 0.2) is 30.3 Å². The van der Waals surface area contributed by atoms with E-state index in [1.165, 1.54) is 0 Å². The molecule has 1 saturated heterocycles. The highest BCUT2D eigenvalue weighted by atomic mass is 35.5. The van der Waals surface area contributed by atoms with E-state index in [2.05, 4.69) is 5.32 Å². The van der Waals surface area contributed by atoms with Crippen molar-refractivity contribution in [2.24, 2.45) is 11.7 Å². The van der Waals surface area contributed by atoms with Crippen LogP contribution in [0.1, 0.15) is 31.7 Å². The molecular formula is C20H32ClN3O2S. The third kappa shape index (κ3) is 7.72. The highest BCUT2D eigenvalue weighted by Gasteiger charge is 2.30. The van der Waals surface area contributed by atoms with Gasteiger partial charge in [-0.25, -0.2) is 0 Å². The van der Waals surface area contributed by atoms with Crippen molar-refractivity contribution in [2.45, 2.75) is 44.7 Å². The van der Waals surface area contributed by atoms with Crippen LogP contribution in [0.25, 0.3) is 0 Å². The monoisotopic (exact) mass is 413 g/mol. The number of nitrogens with two attached hydrogens (primary N) is 1. The number of nitrogens with zero attached hydrogens (tertiary/aromatic N) is 1. The highest BCUT2D eigenvalue weighted by Crippen LogP contribution is 2.20. The van der Waals surface area contributed by atoms with Gasteiger partial charge in [-0.15, -0.1) is 12.4 Å². The highest BCUT2D eigenvalue weighted by molar-refractivity contribution is 7.98. The van der Waals surface area contributed by atoms with Crippen LogP contribution >= 0.6 is 24.2 Å². The average molecular weight is 414 g/mol. The Morgan fingerprint density at radius 3 is 2.44 bits per heavy atom. The zero-order chi connectivity index (χ0) is 18.9. The standard InChI is InChI=1S/C20H31N3O2S.ClH/c1-15(21)17-8-11-23(12-9-17)20(25)18(10-13-26-2)22-19(24)14-16-6-4-3-5-7-16;/h3-7,15,17-18H,8-14,21H2,1-2H3,(H,22,24);1H. The van der Waals surface area contributed by atoms with E-state index in [-0.39, 0.29) is 30.3 Å². The lowest BCUT2D eigenvalue weighted by Gasteiger charge is -2.35. The summed E-state index contributed by atoms with van der Waals surface area (Å²) in [5, 5.41) is 2.96. The number of rotatable bonds is 8. The van der Waals surface area contributed by atoms with Crippen molar-refractivity contribution in [3.63, 3.8) is 0 Å². The maximum Gasteiger partial charge on any atom is 0.245 e. The number of thioether (sulfide) groups is 1. The van der Waals surface area contributed by atoms with Gasteiger partial charge in [0.25, 0.3) is 0 Å². The van der Waals surface area contributed by atoms with Gasteiger partial charge >= 0.3 is 0 Å². The van der Waals surface area contributed by atoms with Gasteiger partial charge in [0, 0.05) is 19.1 Å². The number of amides is 2. The summed E-state index contributed by atoms with van der Waals surface area (Å²) in [5.41, 5.74) is 6.95. The summed E-state index contributed by atoms with van der Waals surface area (Å²) in [5.74, 6) is 1.28. The Bertz CT molecular complexity index is 578. The molecule has 0 spiro atoms. The fraction of sp³-hybridized carbons (Fsp3) is 0.600. The van der Waals surface area contributed by atoms with Crippen LogP contribution in [0.3, 0.4) is 0 Å². The molecule has 1 aliphatic rings. The number of likely N-dealkylation sites (tertiary alicyclic amines) is 1. The van der Waals surface area contributed by atoms with Crippen LogP contribution in [-0.2, 0) is 16.0 Å². The van der Waals surface area contributed by atoms with Crippen molar-refractivity contribution in [1.29, 1.82) is 0 Å². The molecule has 2 rings (SSSR count). The molecule has 2 unspecified atom stereocenters. The largest absolute Gasteiger partial charge is 0.344 e. The molecule has 152 valence electrons. The van der Waals surface area contributed by atoms with E-state index in [1.807, 2.05) is 48.4 Å². The molecule has 2 amide bonds. The predicted octanol–water partition coefficient (Wildman–Crippen LogP) is 2.47. The Balaban J connectivity index is 0.00000364. The third-order valence-electron chi connectivity index (χ3n) is 5.05. The van der Waals surface area contributed by atoms with E-state index in [1.54, 1.807) is 11.8 Å². The Hall–Kier alpha value is -1.24. The SMILES string of the molecule is CSCCC(NC(=O)Cc1ccccc1)C(=O)N1CCC(C(C)N)CC1.Cl. The molecule has 5 nitrogen and oxygen atoms in total. The van der Waals surface area contributed by atoms with Gasteiger partial charge in [0.15, 0.2) is 0 Å². The molecule has 27 heavy (non-hydrogen) atoms. The fourth-order valence-corrected chi connectivity index (χ4v) is 3.86. The second-order valence-electron chi connectivity index (χ2n) is 7.09. The fourth-order valence-electron chi connectivity index (χ4n) is 3.39. The summed E-state index contributed by atoms with van der Waals surface area (Å²) in [6.07, 6.45) is 4.86. The van der Waals surface area contributed by atoms with E-state index in [0.717, 1.165) is 37.2 Å². The smallest absolute Gasteiger partial charge is 0.245 e. The molecule has 2 atom stereocenters. The number of benzene rings is 1. The first-order valence-corrected chi connectivity index (χ1v) is 10.8. The number of hydrogen-bond donors (Lipinski definition) is 2. The second kappa shape index (κ2) is 12.3. The predicted molar refractivity (Wildman–Crippen MR) is 115 cm³/mol. The van der Waals surface area contributed by atoms with Crippen molar-refractivity contribution in [3.8, 4) is 0 Å². The van der Waals surface area contributed by atoms with Gasteiger partial charge in [-0.2, -0.15) is 11.8 Å². The summed E-state index contributed by atoms with van der Waals surface area (Å²) in [4.78, 5) is 27.2. The van der Waals surface area contributed by atoms with E-state index >= 15 is 0 Å². The van der Waals surface area contributed by atoms with Crippen molar-refractivity contribution in [2.75, 3.05) is 25.1 Å². The number of halogens is 1. The lowest BCUT2D eigenvalue weighted by molar-refractivity contribution is -0.137. The molecular weight excluding hydrogens is 382 g/mol. The van der Waals surface area contributed by atoms with Gasteiger partial charge in [-0.1, -0.05) is 30.3 Å². The molecule has 0 bridgehead atoms. The molecule has 0 aromatic heterocycles. The van der Waals surface area contributed by atoms with Crippen molar-refractivity contribution in [1.82, 2.24) is 10.2 Å². The van der Waals surface area contributed by atoms with Gasteiger partial charge in [-0.05, 0) is 49.7 Å². The first-order chi connectivity index (χ1) is 12.5. The van der Waals surface area contributed by atoms with E-state index in [9.17, 15) is 9.59 Å². The van der Waals surface area contributed by atoms with Crippen LogP contribution in [0.5, 0.6) is 0 Å². The lowest BCUT2D eigenvalue weighted by atomic mass is 9.90. The number of carbonyl (C=O) groups is 2. The van der Waals surface area contributed by atoms with Crippen LogP contribution < -0.4 is 11.1 Å². The maximum absolute atomic E-state index is 12.9. The quantitative estimate of drug-likeness (QED) is 0.686. The maximum atomic E-state index is 12.9. The van der Waals surface area contributed by atoms with E-state index < -0.39 is 6.04 Å². The van der Waals surface area contributed by atoms with E-state index in [4.69, 9.17) is 5.73 Å². The Labute approximate surface area is 173 Å². The van der Waals surface area contributed by atoms with Gasteiger partial charge in [0.05, 0.1) is 6.42 Å². The van der Waals surface area contributed by atoms with Crippen LogP contribution in [0.4, 0.5) is 0 Å². The Morgan fingerprint density at radius 1 is 1.26 bits per heavy atom. The number of carbonyl (C=O) groups excluding carboxylic acids is 2. The minimum atomic E-state index is -0.439. The van der Waals surface area contributed by atoms with Crippen molar-refractivity contribution in [3.05, 3.63) is 35.9 Å². The molecule has 1 fully saturated rings. The zero-order valence-electron chi connectivity index (χ0n) is 16.2. The average Bonchev–Trinajstić information content (AvgIpc) is 2.65. The summed E-state index contributed by atoms with van der Waals surface area (Å²) >= 11 is 1.69. The third-order valence-corrected chi connectivity index (χ3v) is 5.69. The summed E-state index contributed by atoms with van der Waals surface area (Å²) in [6, 6.07) is 9.35. The molecule has 1 heterocycles. The molecule has 0 radical (unpaired) electrons. The van der Waals surface area contributed by atoms with Crippen molar-refractivity contribution < 1.29 is 9.59 Å². The lowest BCUT2D eigenvalue weighted by Crippen LogP contribution is -2.52. The van der Waals surface area contributed by atoms with Crippen LogP contribution in [0, 0.1) is 5.92 Å². The molecule has 0 aliphatic carbocycles. The minimum Gasteiger partial charge on any atom is -0.344 e. The zero-order valence-corrected chi connectivity index (χ0v) is 17.9. The second-order valence-corrected chi connectivity index (χ2v) is 8.07. The summed E-state index contributed by atoms with van der Waals surface area (Å²) in [6.45, 7) is 3.50. The number of nitrogens with one attached hydrogen (secondary N) is 1. The van der Waals surface area contributed by atoms with Crippen molar-refractivity contribution >= 4 is 36.0 Å². The van der Waals surface area contributed by atoms with Gasteiger partial charge in [0.1, 0.15) is 6.04 Å². The molecule has 1 aromatic rings. The van der Waals surface area contributed by atoms with Gasteiger partial charge < -0.3 is 16.0 Å². The Morgan fingerprint density at radius 2 is 1.89 bits per heavy atom. The van der Waals surface area contributed by atoms with Crippen LogP contribution in [-0.4, -0.2) is 53.9 Å². The minimum absolute atomic E-state index is 0. The molecule has 0 saturated carbocycles. The van der Waals surface area contributed by atoms with Gasteiger partial charge in [0.2, 0.25) is 11.8 Å². The Kier molecular flexibility index (Phi) is 10.8. The summed E-state index contributed by atoms with van der Waals surface area (Å²) in [7, 11) is 0. The van der Waals surface area contributed by atoms with Gasteiger partial charge in [-0.3, -0.25) is 9.59 Å². The topological polar surface area (TPSA) is 75.4 Å².